The van der Waals surface area contributed by atoms with Gasteiger partial charge in [0.15, 0.2) is 12.0 Å². The predicted molar refractivity (Wildman–Crippen MR) is 193 cm³/mol. The summed E-state index contributed by atoms with van der Waals surface area (Å²) in [6.07, 6.45) is -5.64. The molecule has 0 saturated carbocycles. The second kappa shape index (κ2) is 18.5. The minimum atomic E-state index is -5.54. The van der Waals surface area contributed by atoms with Crippen molar-refractivity contribution in [3.63, 3.8) is 0 Å². The second-order valence-electron chi connectivity index (χ2n) is 13.8. The molecule has 1 saturated heterocycles. The van der Waals surface area contributed by atoms with E-state index >= 15 is 0 Å². The number of anilines is 1. The van der Waals surface area contributed by atoms with E-state index in [0.717, 1.165) is 0 Å². The van der Waals surface area contributed by atoms with E-state index in [-0.39, 0.29) is 35.0 Å². The van der Waals surface area contributed by atoms with Gasteiger partial charge in [-0.2, -0.15) is 16.1 Å². The Morgan fingerprint density at radius 1 is 1.06 bits per heavy atom. The third kappa shape index (κ3) is 13.6. The largest absolute Gasteiger partial charge is 0.481 e. The zero-order valence-corrected chi connectivity index (χ0v) is 33.9. The number of aryl methyl sites for hydroxylation is 1. The van der Waals surface area contributed by atoms with Crippen molar-refractivity contribution in [1.82, 2.24) is 25.2 Å². The van der Waals surface area contributed by atoms with Crippen molar-refractivity contribution in [2.24, 2.45) is 5.41 Å². The van der Waals surface area contributed by atoms with Gasteiger partial charge in [0.05, 0.1) is 25.1 Å². The van der Waals surface area contributed by atoms with Crippen molar-refractivity contribution in [2.75, 3.05) is 37.8 Å². The number of nitrogens with one attached hydrogen (secondary N) is 2. The molecule has 1 fully saturated rings. The average molecular weight is 851 g/mol. The Balaban J connectivity index is 1.58. The summed E-state index contributed by atoms with van der Waals surface area (Å²) in [6.45, 7) is 8.87. The first-order valence-electron chi connectivity index (χ1n) is 16.5. The molecular formula is C28H49N6O16P3S. The lowest BCUT2D eigenvalue weighted by atomic mass is 9.87. The van der Waals surface area contributed by atoms with E-state index in [1.165, 1.54) is 30.9 Å². The van der Waals surface area contributed by atoms with Crippen LogP contribution in [-0.2, 0) is 52.3 Å². The third-order valence-corrected chi connectivity index (χ3v) is 12.1. The highest BCUT2D eigenvalue weighted by atomic mass is 32.2. The van der Waals surface area contributed by atoms with E-state index < -0.39 is 78.6 Å². The number of phosphoric acid groups is 3. The standard InChI is InChI=1S/C28H49N6O16P3S/c1-7-16-12-32-24(29)19-20(16)34(15-33-19)26-21(36)22(49-51(39,40)41)17(48-26)13-46-52(42,43)50-53(44,45)47-14-28(5,6)23(37)25(38)31-9-8-18(35)30-10-11-54-27(2,3)4/h12,15,17,21-23,26,36-37H,7-11,13-14H2,1-6H3,(H2,29,32)(H,30,35)(H,31,38)(H,42,43)(H,44,45)(H2,39,40,41). The number of imidazole rings is 1. The van der Waals surface area contributed by atoms with Gasteiger partial charge in [0.25, 0.3) is 0 Å². The van der Waals surface area contributed by atoms with E-state index in [1.54, 1.807) is 18.7 Å². The summed E-state index contributed by atoms with van der Waals surface area (Å²) >= 11 is 1.67. The molecule has 1 aliphatic heterocycles. The highest BCUT2D eigenvalue weighted by Crippen LogP contribution is 2.61. The lowest BCUT2D eigenvalue weighted by Gasteiger charge is -2.30. The first-order valence-corrected chi connectivity index (χ1v) is 22.0. The number of hydrogen-bond donors (Lipinski definition) is 9. The van der Waals surface area contributed by atoms with Crippen molar-refractivity contribution in [2.45, 2.75) is 89.8 Å². The summed E-state index contributed by atoms with van der Waals surface area (Å²) < 4.78 is 62.9. The molecule has 7 unspecified atom stereocenters. The highest BCUT2D eigenvalue weighted by molar-refractivity contribution is 8.00. The van der Waals surface area contributed by atoms with Crippen molar-refractivity contribution < 1.29 is 75.7 Å². The molecule has 0 spiro atoms. The van der Waals surface area contributed by atoms with Crippen molar-refractivity contribution in [1.29, 1.82) is 0 Å². The number of fused-ring (bicyclic) bond motifs is 1. The van der Waals surface area contributed by atoms with Crippen LogP contribution in [0, 0.1) is 5.41 Å². The maximum atomic E-state index is 12.7. The Kier molecular flexibility index (Phi) is 15.9. The Labute approximate surface area is 315 Å². The minimum Gasteiger partial charge on any atom is -0.386 e. The summed E-state index contributed by atoms with van der Waals surface area (Å²) in [6, 6.07) is 0. The molecule has 308 valence electrons. The van der Waals surface area contributed by atoms with E-state index in [1.807, 2.05) is 20.8 Å². The highest BCUT2D eigenvalue weighted by Gasteiger charge is 2.50. The molecule has 10 N–H and O–H groups in total. The Morgan fingerprint density at radius 2 is 1.70 bits per heavy atom. The van der Waals surface area contributed by atoms with Gasteiger partial charge in [0.1, 0.15) is 29.9 Å². The van der Waals surface area contributed by atoms with Gasteiger partial charge in [-0.15, -0.1) is 0 Å². The summed E-state index contributed by atoms with van der Waals surface area (Å²) in [5, 5.41) is 26.7. The molecule has 0 radical (unpaired) electrons. The van der Waals surface area contributed by atoms with Gasteiger partial charge in [-0.25, -0.2) is 23.7 Å². The van der Waals surface area contributed by atoms with Crippen LogP contribution in [-0.4, -0.2) is 117 Å². The van der Waals surface area contributed by atoms with Gasteiger partial charge in [0.2, 0.25) is 11.8 Å². The number of nitrogens with two attached hydrogens (primary N) is 1. The molecular weight excluding hydrogens is 801 g/mol. The quantitative estimate of drug-likeness (QED) is 0.0665. The smallest absolute Gasteiger partial charge is 0.386 e. The molecule has 1 aliphatic rings. The summed E-state index contributed by atoms with van der Waals surface area (Å²) in [4.78, 5) is 72.2. The average Bonchev–Trinajstić information content (AvgIpc) is 3.61. The molecule has 2 aromatic rings. The maximum absolute atomic E-state index is 12.7. The second-order valence-corrected chi connectivity index (χ2v) is 20.0. The summed E-state index contributed by atoms with van der Waals surface area (Å²) in [7, 11) is -16.3. The van der Waals surface area contributed by atoms with E-state index in [9.17, 15) is 53.1 Å². The lowest BCUT2D eigenvalue weighted by Crippen LogP contribution is -2.46. The molecule has 7 atom stereocenters. The van der Waals surface area contributed by atoms with Gasteiger partial charge >= 0.3 is 23.5 Å². The van der Waals surface area contributed by atoms with E-state index in [2.05, 4.69) is 24.9 Å². The number of aliphatic hydroxyl groups is 2. The number of amides is 2. The molecule has 54 heavy (non-hydrogen) atoms. The van der Waals surface area contributed by atoms with Gasteiger partial charge in [0, 0.05) is 41.6 Å². The number of aliphatic hydroxyl groups excluding tert-OH is 2. The molecule has 3 heterocycles. The molecule has 0 aromatic carbocycles. The normalized spacial score (nSPS) is 22.4. The van der Waals surface area contributed by atoms with Crippen LogP contribution >= 0.6 is 35.2 Å². The van der Waals surface area contributed by atoms with Crippen LogP contribution in [0.1, 0.15) is 59.8 Å². The van der Waals surface area contributed by atoms with Crippen LogP contribution in [0.5, 0.6) is 0 Å². The molecule has 0 aliphatic carbocycles. The Morgan fingerprint density at radius 3 is 2.31 bits per heavy atom. The Hall–Kier alpha value is -2.04. The zero-order valence-electron chi connectivity index (χ0n) is 30.4. The SMILES string of the molecule is CCc1cnc(N)c2ncn(C3OC(COP(=O)(O)OP(=O)(O)OCC(C)(C)C(O)C(=O)NCCC(=O)NCCSC(C)(C)C)C(OP(=O)(O)O)C3O)c12. The topological polar surface area (TPSA) is 334 Å². The maximum Gasteiger partial charge on any atom is 0.481 e. The zero-order chi connectivity index (χ0) is 40.9. The molecule has 2 amide bonds. The minimum absolute atomic E-state index is 0.0394. The number of thioether (sulfide) groups is 1. The summed E-state index contributed by atoms with van der Waals surface area (Å²) in [5.41, 5.74) is 5.57. The number of carbonyl (C=O) groups excluding carboxylic acids is 2. The van der Waals surface area contributed by atoms with Crippen LogP contribution in [0.25, 0.3) is 11.0 Å². The van der Waals surface area contributed by atoms with Gasteiger partial charge < -0.3 is 55.5 Å². The fraction of sp³-hybridized carbons (Fsp3) is 0.714. The van der Waals surface area contributed by atoms with Crippen LogP contribution in [0.3, 0.4) is 0 Å². The van der Waals surface area contributed by atoms with Gasteiger partial charge in [-0.1, -0.05) is 41.5 Å². The van der Waals surface area contributed by atoms with Crippen molar-refractivity contribution in [3.8, 4) is 0 Å². The fourth-order valence-electron chi connectivity index (χ4n) is 5.02. The molecule has 3 rings (SSSR count). The third-order valence-electron chi connectivity index (χ3n) is 7.73. The van der Waals surface area contributed by atoms with Gasteiger partial charge in [-0.05, 0) is 12.0 Å². The van der Waals surface area contributed by atoms with Gasteiger partial charge in [-0.3, -0.25) is 23.2 Å². The Bertz CT molecular complexity index is 1770. The van der Waals surface area contributed by atoms with Crippen LogP contribution < -0.4 is 16.4 Å². The van der Waals surface area contributed by atoms with Crippen molar-refractivity contribution >= 4 is 63.9 Å². The monoisotopic (exact) mass is 850 g/mol. The number of carbonyl (C=O) groups is 2. The number of rotatable bonds is 20. The molecule has 0 bridgehead atoms. The molecule has 2 aromatic heterocycles. The number of pyridine rings is 1. The number of hydrogen-bond acceptors (Lipinski definition) is 16. The van der Waals surface area contributed by atoms with Crippen LogP contribution in [0.4, 0.5) is 5.82 Å². The number of aromatic nitrogens is 3. The number of nitrogen functional groups attached to an aromatic ring is 1. The first-order chi connectivity index (χ1) is 24.8. The van der Waals surface area contributed by atoms with Crippen molar-refractivity contribution in [3.05, 3.63) is 18.1 Å². The summed E-state index contributed by atoms with van der Waals surface area (Å²) in [5.74, 6) is -0.511. The van der Waals surface area contributed by atoms with Crippen LogP contribution in [0.2, 0.25) is 0 Å². The number of phosphoric ester groups is 3. The van der Waals surface area contributed by atoms with E-state index in [4.69, 9.17) is 24.0 Å². The number of ether oxygens (including phenoxy) is 1. The van der Waals surface area contributed by atoms with Crippen LogP contribution in [0.15, 0.2) is 12.5 Å². The first kappa shape index (κ1) is 46.3. The fourth-order valence-corrected chi connectivity index (χ4v) is 8.66. The number of nitrogens with zero attached hydrogens (tertiary/aromatic N) is 3. The molecule has 22 nitrogen and oxygen atoms in total. The van der Waals surface area contributed by atoms with E-state index in [0.29, 0.717) is 29.8 Å². The lowest BCUT2D eigenvalue weighted by molar-refractivity contribution is -0.137. The molecule has 26 heteroatoms. The predicted octanol–water partition coefficient (Wildman–Crippen LogP) is 1.10.